The Bertz CT molecular complexity index is 754. The first kappa shape index (κ1) is 19.9. The van der Waals surface area contributed by atoms with Gasteiger partial charge < -0.3 is 10.2 Å². The number of carbonyl (C=O) groups is 1. The average Bonchev–Trinajstić information content (AvgIpc) is 3.09. The minimum absolute atomic E-state index is 0. The van der Waals surface area contributed by atoms with Crippen molar-refractivity contribution in [3.05, 3.63) is 28.1 Å². The van der Waals surface area contributed by atoms with Crippen molar-refractivity contribution >= 4 is 39.9 Å². The molecule has 6 nitrogen and oxygen atoms in total. The molecule has 0 saturated carbocycles. The predicted molar refractivity (Wildman–Crippen MR) is 104 cm³/mol. The molecule has 0 bridgehead atoms. The van der Waals surface area contributed by atoms with E-state index in [-0.39, 0.29) is 23.9 Å². The molecule has 1 aliphatic heterocycles. The summed E-state index contributed by atoms with van der Waals surface area (Å²) in [4.78, 5) is 32.2. The fourth-order valence-electron chi connectivity index (χ4n) is 3.28. The van der Waals surface area contributed by atoms with Crippen molar-refractivity contribution in [3.8, 4) is 0 Å². The highest BCUT2D eigenvalue weighted by molar-refractivity contribution is 7.16. The molecule has 0 spiro atoms. The van der Waals surface area contributed by atoms with E-state index < -0.39 is 0 Å². The summed E-state index contributed by atoms with van der Waals surface area (Å²) in [6, 6.07) is 2.12. The molecule has 1 saturated heterocycles. The zero-order valence-electron chi connectivity index (χ0n) is 14.4. The van der Waals surface area contributed by atoms with E-state index in [0.717, 1.165) is 43.7 Å². The van der Waals surface area contributed by atoms with Gasteiger partial charge in [-0.2, -0.15) is 0 Å². The highest BCUT2D eigenvalue weighted by Crippen LogP contribution is 2.15. The third-order valence-electron chi connectivity index (χ3n) is 4.55. The minimum Gasteiger partial charge on any atom is -0.340 e. The van der Waals surface area contributed by atoms with Crippen LogP contribution in [0.2, 0.25) is 0 Å². The Labute approximate surface area is 157 Å². The molecule has 3 rings (SSSR count). The van der Waals surface area contributed by atoms with Crippen LogP contribution in [0.4, 0.5) is 0 Å². The molecule has 0 unspecified atom stereocenters. The quantitative estimate of drug-likeness (QED) is 0.829. The molecule has 0 aliphatic carbocycles. The standard InChI is InChI=1S/C17H24N4O2S.ClH/c1-2-9-21(13-3-7-18-8-4-13)15(22)5-10-20-12-19-16-14(17(20)23)6-11-24-16;/h6,11-13,18H,2-5,7-10H2,1H3;1H. The molecule has 138 valence electrons. The van der Waals surface area contributed by atoms with Crippen LogP contribution in [0.25, 0.3) is 10.2 Å². The van der Waals surface area contributed by atoms with E-state index >= 15 is 0 Å². The van der Waals surface area contributed by atoms with Crippen LogP contribution in [0.1, 0.15) is 32.6 Å². The van der Waals surface area contributed by atoms with Gasteiger partial charge in [-0.05, 0) is 43.8 Å². The van der Waals surface area contributed by atoms with Crippen LogP contribution in [-0.4, -0.2) is 46.0 Å². The van der Waals surface area contributed by atoms with Gasteiger partial charge in [-0.25, -0.2) is 4.98 Å². The van der Waals surface area contributed by atoms with E-state index in [4.69, 9.17) is 0 Å². The van der Waals surface area contributed by atoms with Crippen molar-refractivity contribution in [2.45, 2.75) is 45.2 Å². The van der Waals surface area contributed by atoms with Gasteiger partial charge in [0.15, 0.2) is 0 Å². The molecule has 1 fully saturated rings. The Morgan fingerprint density at radius 3 is 2.92 bits per heavy atom. The molecule has 1 N–H and O–H groups in total. The monoisotopic (exact) mass is 384 g/mol. The van der Waals surface area contributed by atoms with Gasteiger partial charge >= 0.3 is 0 Å². The summed E-state index contributed by atoms with van der Waals surface area (Å²) in [7, 11) is 0. The lowest BCUT2D eigenvalue weighted by atomic mass is 10.0. The molecule has 1 amide bonds. The van der Waals surface area contributed by atoms with Crippen LogP contribution in [0.15, 0.2) is 22.6 Å². The summed E-state index contributed by atoms with van der Waals surface area (Å²) in [6.45, 7) is 5.22. The summed E-state index contributed by atoms with van der Waals surface area (Å²) in [5.74, 6) is 0.140. The van der Waals surface area contributed by atoms with Crippen LogP contribution in [0.3, 0.4) is 0 Å². The second kappa shape index (κ2) is 9.31. The van der Waals surface area contributed by atoms with Crippen molar-refractivity contribution < 1.29 is 4.79 Å². The number of rotatable bonds is 6. The molecule has 1 aliphatic rings. The van der Waals surface area contributed by atoms with Crippen molar-refractivity contribution in [1.29, 1.82) is 0 Å². The molecular formula is C17H25ClN4O2S. The lowest BCUT2D eigenvalue weighted by Gasteiger charge is -2.34. The van der Waals surface area contributed by atoms with E-state index in [9.17, 15) is 9.59 Å². The number of halogens is 1. The maximum absolute atomic E-state index is 12.7. The topological polar surface area (TPSA) is 67.2 Å². The van der Waals surface area contributed by atoms with E-state index in [1.807, 2.05) is 10.3 Å². The van der Waals surface area contributed by atoms with Gasteiger partial charge in [0.05, 0.1) is 11.7 Å². The first-order chi connectivity index (χ1) is 11.7. The second-order valence-electron chi connectivity index (χ2n) is 6.20. The normalized spacial score (nSPS) is 15.1. The van der Waals surface area contributed by atoms with Gasteiger partial charge in [0.2, 0.25) is 5.91 Å². The first-order valence-corrected chi connectivity index (χ1v) is 9.51. The van der Waals surface area contributed by atoms with Gasteiger partial charge in [0.25, 0.3) is 5.56 Å². The summed E-state index contributed by atoms with van der Waals surface area (Å²) in [5, 5.41) is 5.85. The summed E-state index contributed by atoms with van der Waals surface area (Å²) < 4.78 is 1.56. The molecule has 2 aromatic heterocycles. The third-order valence-corrected chi connectivity index (χ3v) is 5.37. The van der Waals surface area contributed by atoms with Crippen LogP contribution < -0.4 is 10.9 Å². The smallest absolute Gasteiger partial charge is 0.262 e. The van der Waals surface area contributed by atoms with Crippen LogP contribution in [0, 0.1) is 0 Å². The molecule has 0 aromatic carbocycles. The second-order valence-corrected chi connectivity index (χ2v) is 7.10. The summed E-state index contributed by atoms with van der Waals surface area (Å²) >= 11 is 1.46. The number of thiophene rings is 1. The number of nitrogens with zero attached hydrogens (tertiary/aromatic N) is 3. The zero-order chi connectivity index (χ0) is 16.9. The highest BCUT2D eigenvalue weighted by Gasteiger charge is 2.24. The Balaban J connectivity index is 0.00000225. The Morgan fingerprint density at radius 2 is 2.20 bits per heavy atom. The van der Waals surface area contributed by atoms with Gasteiger partial charge in [-0.1, -0.05) is 6.92 Å². The largest absolute Gasteiger partial charge is 0.340 e. The first-order valence-electron chi connectivity index (χ1n) is 8.63. The number of carbonyl (C=O) groups excluding carboxylic acids is 1. The van der Waals surface area contributed by atoms with Crippen LogP contribution >= 0.6 is 23.7 Å². The fourth-order valence-corrected chi connectivity index (χ4v) is 4.01. The number of hydrogen-bond acceptors (Lipinski definition) is 5. The number of piperidine rings is 1. The van der Waals surface area contributed by atoms with Gasteiger partial charge in [-0.3, -0.25) is 14.2 Å². The third kappa shape index (κ3) is 4.59. The Kier molecular flexibility index (Phi) is 7.40. The van der Waals surface area contributed by atoms with E-state index in [2.05, 4.69) is 17.2 Å². The zero-order valence-corrected chi connectivity index (χ0v) is 16.1. The summed E-state index contributed by atoms with van der Waals surface area (Å²) in [5.41, 5.74) is -0.0574. The molecule has 8 heteroatoms. The van der Waals surface area contributed by atoms with E-state index in [1.165, 1.54) is 11.3 Å². The fraction of sp³-hybridized carbons (Fsp3) is 0.588. The number of fused-ring (bicyclic) bond motifs is 1. The highest BCUT2D eigenvalue weighted by atomic mass is 35.5. The molecule has 25 heavy (non-hydrogen) atoms. The molecule has 0 radical (unpaired) electrons. The molecule has 0 atom stereocenters. The van der Waals surface area contributed by atoms with Crippen molar-refractivity contribution in [2.75, 3.05) is 19.6 Å². The minimum atomic E-state index is -0.0574. The average molecular weight is 385 g/mol. The van der Waals surface area contributed by atoms with Gasteiger partial charge in [0, 0.05) is 25.6 Å². The SMILES string of the molecule is CCCN(C(=O)CCn1cnc2sccc2c1=O)C1CCNCC1.Cl. The number of aryl methyl sites for hydroxylation is 1. The maximum atomic E-state index is 12.7. The van der Waals surface area contributed by atoms with Crippen LogP contribution in [0.5, 0.6) is 0 Å². The van der Waals surface area contributed by atoms with Gasteiger partial charge in [0.1, 0.15) is 4.83 Å². The lowest BCUT2D eigenvalue weighted by molar-refractivity contribution is -0.134. The van der Waals surface area contributed by atoms with Crippen molar-refractivity contribution in [1.82, 2.24) is 19.8 Å². The molecule has 2 aromatic rings. The van der Waals surface area contributed by atoms with Crippen molar-refractivity contribution in [3.63, 3.8) is 0 Å². The predicted octanol–water partition coefficient (Wildman–Crippen LogP) is 2.26. The molecule has 3 heterocycles. The number of nitrogens with one attached hydrogen (secondary N) is 1. The number of hydrogen-bond donors (Lipinski definition) is 1. The number of amides is 1. The summed E-state index contributed by atoms with van der Waals surface area (Å²) in [6.07, 6.45) is 4.88. The van der Waals surface area contributed by atoms with Gasteiger partial charge in [-0.15, -0.1) is 23.7 Å². The lowest BCUT2D eigenvalue weighted by Crippen LogP contribution is -2.46. The van der Waals surface area contributed by atoms with Crippen LogP contribution in [-0.2, 0) is 11.3 Å². The van der Waals surface area contributed by atoms with E-state index in [0.29, 0.717) is 24.4 Å². The maximum Gasteiger partial charge on any atom is 0.262 e. The molecular weight excluding hydrogens is 360 g/mol. The Morgan fingerprint density at radius 1 is 1.44 bits per heavy atom. The Hall–Kier alpha value is -1.44. The number of aromatic nitrogens is 2. The van der Waals surface area contributed by atoms with Crippen molar-refractivity contribution in [2.24, 2.45) is 0 Å². The van der Waals surface area contributed by atoms with E-state index in [1.54, 1.807) is 17.0 Å².